The molecule has 156 valence electrons. The van der Waals surface area contributed by atoms with E-state index in [0.717, 1.165) is 22.8 Å². The molecule has 0 amide bonds. The Labute approximate surface area is 173 Å². The molecule has 2 heterocycles. The molecule has 0 spiro atoms. The number of halogens is 4. The smallest absolute Gasteiger partial charge is 0.381 e. The first-order chi connectivity index (χ1) is 13.0. The molecule has 1 N–H and O–H groups in total. The monoisotopic (exact) mass is 480 g/mol. The summed E-state index contributed by atoms with van der Waals surface area (Å²) < 4.78 is 64.0. The number of hydrogen-bond donors (Lipinski definition) is 1. The number of hydrogen-bond acceptors (Lipinski definition) is 2. The molecular formula is C19H24BrF3N2O2S. The van der Waals surface area contributed by atoms with Crippen molar-refractivity contribution in [3.8, 4) is 0 Å². The largest absolute Gasteiger partial charge is 0.408 e. The molecule has 9 heteroatoms. The van der Waals surface area contributed by atoms with Gasteiger partial charge in [0.15, 0.2) is 0 Å². The lowest BCUT2D eigenvalue weighted by atomic mass is 10.1. The Morgan fingerprint density at radius 1 is 1.25 bits per heavy atom. The Balaban J connectivity index is 2.12. The van der Waals surface area contributed by atoms with Crippen LogP contribution in [-0.4, -0.2) is 32.9 Å². The standard InChI is InChI=1S/C19H24BrF3N2O2S/c1-18(2,3)28(26)24-17(19(21,22)23)15-11-25(13-6-8-27-9-7-13)16-10-12(20)4-5-14(15)16/h4-5,10-11,13,17,24H,6-9H2,1-3H3/t17-,28-/m0/s1. The second kappa shape index (κ2) is 8.08. The second-order valence-corrected chi connectivity index (χ2v) is 10.9. The SMILES string of the molecule is CC(C)(C)[S@](=O)N[C@@H](c1cn(C2CCOCC2)c2cc(Br)ccc12)C(F)(F)F. The fourth-order valence-corrected chi connectivity index (χ4v) is 4.51. The number of alkyl halides is 3. The summed E-state index contributed by atoms with van der Waals surface area (Å²) in [6.45, 7) is 6.11. The third kappa shape index (κ3) is 4.63. The molecule has 4 nitrogen and oxygen atoms in total. The summed E-state index contributed by atoms with van der Waals surface area (Å²) in [5.74, 6) is 0. The van der Waals surface area contributed by atoms with E-state index < -0.39 is 28.0 Å². The van der Waals surface area contributed by atoms with Crippen molar-refractivity contribution in [3.63, 3.8) is 0 Å². The van der Waals surface area contributed by atoms with Gasteiger partial charge in [-0.15, -0.1) is 0 Å². The van der Waals surface area contributed by atoms with Crippen LogP contribution >= 0.6 is 15.9 Å². The van der Waals surface area contributed by atoms with Crippen LogP contribution in [-0.2, 0) is 15.7 Å². The van der Waals surface area contributed by atoms with Crippen LogP contribution < -0.4 is 4.72 Å². The predicted molar refractivity (Wildman–Crippen MR) is 109 cm³/mol. The van der Waals surface area contributed by atoms with Gasteiger partial charge in [-0.25, -0.2) is 8.93 Å². The van der Waals surface area contributed by atoms with Crippen molar-refractivity contribution < 1.29 is 22.1 Å². The lowest BCUT2D eigenvalue weighted by molar-refractivity contribution is -0.152. The van der Waals surface area contributed by atoms with Crippen molar-refractivity contribution in [2.45, 2.75) is 56.6 Å². The normalized spacial score (nSPS) is 19.1. The molecule has 1 aromatic heterocycles. The molecule has 3 rings (SSSR count). The summed E-state index contributed by atoms with van der Waals surface area (Å²) in [7, 11) is -1.87. The van der Waals surface area contributed by atoms with Gasteiger partial charge < -0.3 is 9.30 Å². The van der Waals surface area contributed by atoms with Gasteiger partial charge in [-0.05, 0) is 45.7 Å². The average molecular weight is 481 g/mol. The molecule has 1 saturated heterocycles. The molecule has 1 aliphatic heterocycles. The molecule has 28 heavy (non-hydrogen) atoms. The van der Waals surface area contributed by atoms with E-state index in [1.807, 2.05) is 10.6 Å². The van der Waals surface area contributed by atoms with E-state index in [-0.39, 0.29) is 11.6 Å². The first-order valence-corrected chi connectivity index (χ1v) is 11.1. The van der Waals surface area contributed by atoms with E-state index in [1.165, 1.54) is 0 Å². The topological polar surface area (TPSA) is 43.3 Å². The summed E-state index contributed by atoms with van der Waals surface area (Å²) in [6, 6.07) is 3.31. The van der Waals surface area contributed by atoms with E-state index in [4.69, 9.17) is 4.74 Å². The van der Waals surface area contributed by atoms with Crippen molar-refractivity contribution in [2.24, 2.45) is 0 Å². The number of rotatable bonds is 4. The molecule has 0 unspecified atom stereocenters. The van der Waals surface area contributed by atoms with Crippen molar-refractivity contribution in [1.82, 2.24) is 9.29 Å². The highest BCUT2D eigenvalue weighted by atomic mass is 79.9. The van der Waals surface area contributed by atoms with Gasteiger partial charge >= 0.3 is 6.18 Å². The number of nitrogens with one attached hydrogen (secondary N) is 1. The Kier molecular flexibility index (Phi) is 6.29. The van der Waals surface area contributed by atoms with Gasteiger partial charge in [0.1, 0.15) is 6.04 Å². The minimum atomic E-state index is -4.58. The van der Waals surface area contributed by atoms with Crippen LogP contribution in [0.4, 0.5) is 13.2 Å². The number of nitrogens with zero attached hydrogens (tertiary/aromatic N) is 1. The minimum absolute atomic E-state index is 0.0706. The Bertz CT molecular complexity index is 870. The van der Waals surface area contributed by atoms with Gasteiger partial charge in [-0.3, -0.25) is 0 Å². The van der Waals surface area contributed by atoms with Crippen LogP contribution in [0.1, 0.15) is 51.3 Å². The Hall–Kier alpha value is -0.900. The van der Waals surface area contributed by atoms with Gasteiger partial charge in [0.2, 0.25) is 0 Å². The van der Waals surface area contributed by atoms with Crippen molar-refractivity contribution in [3.05, 3.63) is 34.4 Å². The molecule has 0 radical (unpaired) electrons. The third-order valence-electron chi connectivity index (χ3n) is 4.83. The molecule has 2 aromatic rings. The quantitative estimate of drug-likeness (QED) is 0.635. The van der Waals surface area contributed by atoms with E-state index >= 15 is 0 Å². The first kappa shape index (κ1) is 21.8. The summed E-state index contributed by atoms with van der Waals surface area (Å²) >= 11 is 3.42. The Morgan fingerprint density at radius 3 is 2.46 bits per heavy atom. The van der Waals surface area contributed by atoms with Crippen molar-refractivity contribution in [2.75, 3.05) is 13.2 Å². The average Bonchev–Trinajstić information content (AvgIpc) is 2.96. The third-order valence-corrected chi connectivity index (χ3v) is 6.89. The van der Waals surface area contributed by atoms with E-state index in [0.29, 0.717) is 18.6 Å². The lowest BCUT2D eigenvalue weighted by Gasteiger charge is -2.26. The van der Waals surface area contributed by atoms with Gasteiger partial charge in [0.25, 0.3) is 0 Å². The van der Waals surface area contributed by atoms with Crippen LogP contribution in [0.5, 0.6) is 0 Å². The van der Waals surface area contributed by atoms with Crippen LogP contribution in [0, 0.1) is 0 Å². The molecular weight excluding hydrogens is 457 g/mol. The summed E-state index contributed by atoms with van der Waals surface area (Å²) in [5, 5.41) is 0.510. The van der Waals surface area contributed by atoms with Gasteiger partial charge in [-0.2, -0.15) is 13.2 Å². The lowest BCUT2D eigenvalue weighted by Crippen LogP contribution is -2.41. The number of benzene rings is 1. The highest BCUT2D eigenvalue weighted by Crippen LogP contribution is 2.40. The number of fused-ring (bicyclic) bond motifs is 1. The number of ether oxygens (including phenoxy) is 1. The molecule has 2 atom stereocenters. The maximum Gasteiger partial charge on any atom is 0.408 e. The zero-order chi connectivity index (χ0) is 20.7. The van der Waals surface area contributed by atoms with E-state index in [2.05, 4.69) is 20.7 Å². The second-order valence-electron chi connectivity index (χ2n) is 7.97. The maximum absolute atomic E-state index is 14.0. The van der Waals surface area contributed by atoms with E-state index in [9.17, 15) is 17.4 Å². The fraction of sp³-hybridized carbons (Fsp3) is 0.579. The van der Waals surface area contributed by atoms with E-state index in [1.54, 1.807) is 39.1 Å². The zero-order valence-corrected chi connectivity index (χ0v) is 18.4. The molecule has 1 fully saturated rings. The highest BCUT2D eigenvalue weighted by Gasteiger charge is 2.44. The number of aromatic nitrogens is 1. The van der Waals surface area contributed by atoms with Crippen LogP contribution in [0.2, 0.25) is 0 Å². The van der Waals surface area contributed by atoms with Gasteiger partial charge in [0, 0.05) is 46.4 Å². The van der Waals surface area contributed by atoms with Gasteiger partial charge in [0.05, 0.1) is 15.7 Å². The summed E-state index contributed by atoms with van der Waals surface area (Å²) in [4.78, 5) is 0. The predicted octanol–water partition coefficient (Wildman–Crippen LogP) is 5.41. The first-order valence-electron chi connectivity index (χ1n) is 9.11. The van der Waals surface area contributed by atoms with Crippen LogP contribution in [0.15, 0.2) is 28.9 Å². The minimum Gasteiger partial charge on any atom is -0.381 e. The van der Waals surface area contributed by atoms with Crippen LogP contribution in [0.25, 0.3) is 10.9 Å². The molecule has 0 saturated carbocycles. The van der Waals surface area contributed by atoms with Crippen molar-refractivity contribution >= 4 is 37.8 Å². The summed E-state index contributed by atoms with van der Waals surface area (Å²) in [6.07, 6.45) is -1.53. The fourth-order valence-electron chi connectivity index (χ4n) is 3.34. The zero-order valence-electron chi connectivity index (χ0n) is 16.0. The molecule has 1 aromatic carbocycles. The van der Waals surface area contributed by atoms with Crippen LogP contribution in [0.3, 0.4) is 0 Å². The Morgan fingerprint density at radius 2 is 1.89 bits per heavy atom. The van der Waals surface area contributed by atoms with Gasteiger partial charge in [-0.1, -0.05) is 22.0 Å². The van der Waals surface area contributed by atoms with Crippen molar-refractivity contribution in [1.29, 1.82) is 0 Å². The molecule has 1 aliphatic rings. The maximum atomic E-state index is 14.0. The summed E-state index contributed by atoms with van der Waals surface area (Å²) in [5.41, 5.74) is 0.827. The molecule has 0 bridgehead atoms. The highest BCUT2D eigenvalue weighted by molar-refractivity contribution is 9.10. The molecule has 0 aliphatic carbocycles.